The molecular formula is C19H26N4O2. The number of anilines is 1. The van der Waals surface area contributed by atoms with E-state index in [1.54, 1.807) is 20.1 Å². The average Bonchev–Trinajstić information content (AvgIpc) is 2.62. The van der Waals surface area contributed by atoms with Crippen LogP contribution in [0, 0.1) is 6.92 Å². The Labute approximate surface area is 149 Å². The molecule has 0 fully saturated rings. The molecule has 25 heavy (non-hydrogen) atoms. The number of aryl methyl sites for hydroxylation is 1. The summed E-state index contributed by atoms with van der Waals surface area (Å²) in [6, 6.07) is 9.56. The minimum absolute atomic E-state index is 0.186. The standard InChI is InChI=1S/C19H26N4O2/c1-5-23(6-2)18-13-16(21-14(3)22-18)19(24)20-12-11-15-9-7-8-10-17(15)25-4/h7-10,13H,5-6,11-12H2,1-4H3,(H,20,24). The molecule has 0 spiro atoms. The van der Waals surface area contributed by atoms with Gasteiger partial charge in [-0.05, 0) is 38.8 Å². The maximum atomic E-state index is 12.4. The van der Waals surface area contributed by atoms with Gasteiger partial charge in [-0.1, -0.05) is 18.2 Å². The topological polar surface area (TPSA) is 67.4 Å². The number of hydrogen-bond acceptors (Lipinski definition) is 5. The highest BCUT2D eigenvalue weighted by molar-refractivity contribution is 5.92. The van der Waals surface area contributed by atoms with E-state index in [1.807, 2.05) is 24.3 Å². The Bertz CT molecular complexity index is 714. The van der Waals surface area contributed by atoms with Crippen LogP contribution in [0.4, 0.5) is 5.82 Å². The lowest BCUT2D eigenvalue weighted by molar-refractivity contribution is 0.0948. The molecule has 0 bridgehead atoms. The minimum atomic E-state index is -0.186. The Kier molecular flexibility index (Phi) is 6.74. The Morgan fingerprint density at radius 3 is 2.60 bits per heavy atom. The lowest BCUT2D eigenvalue weighted by atomic mass is 10.1. The van der Waals surface area contributed by atoms with Gasteiger partial charge >= 0.3 is 0 Å². The number of hydrogen-bond donors (Lipinski definition) is 1. The smallest absolute Gasteiger partial charge is 0.270 e. The summed E-state index contributed by atoms with van der Waals surface area (Å²) in [5.41, 5.74) is 1.46. The number of carbonyl (C=O) groups excluding carboxylic acids is 1. The van der Waals surface area contributed by atoms with Crippen LogP contribution in [0.3, 0.4) is 0 Å². The lowest BCUT2D eigenvalue weighted by Crippen LogP contribution is -2.28. The van der Waals surface area contributed by atoms with E-state index in [4.69, 9.17) is 4.74 Å². The number of rotatable bonds is 8. The van der Waals surface area contributed by atoms with Gasteiger partial charge in [-0.25, -0.2) is 9.97 Å². The number of ether oxygens (including phenoxy) is 1. The van der Waals surface area contributed by atoms with Gasteiger partial charge in [-0.2, -0.15) is 0 Å². The number of carbonyl (C=O) groups is 1. The molecule has 0 aliphatic rings. The van der Waals surface area contributed by atoms with Crippen LogP contribution in [0.15, 0.2) is 30.3 Å². The molecule has 134 valence electrons. The van der Waals surface area contributed by atoms with Crippen molar-refractivity contribution in [1.82, 2.24) is 15.3 Å². The summed E-state index contributed by atoms with van der Waals surface area (Å²) >= 11 is 0. The third-order valence-electron chi connectivity index (χ3n) is 4.02. The number of para-hydroxylation sites is 1. The molecule has 1 N–H and O–H groups in total. The lowest BCUT2D eigenvalue weighted by Gasteiger charge is -2.20. The predicted molar refractivity (Wildman–Crippen MR) is 99.4 cm³/mol. The average molecular weight is 342 g/mol. The van der Waals surface area contributed by atoms with Crippen LogP contribution in [0.25, 0.3) is 0 Å². The predicted octanol–water partition coefficient (Wildman–Crippen LogP) is 2.61. The summed E-state index contributed by atoms with van der Waals surface area (Å²) in [6.07, 6.45) is 0.697. The molecule has 2 rings (SSSR count). The Morgan fingerprint density at radius 1 is 1.20 bits per heavy atom. The van der Waals surface area contributed by atoms with E-state index in [0.29, 0.717) is 24.5 Å². The van der Waals surface area contributed by atoms with Gasteiger partial charge in [0.2, 0.25) is 0 Å². The highest BCUT2D eigenvalue weighted by Gasteiger charge is 2.13. The van der Waals surface area contributed by atoms with E-state index >= 15 is 0 Å². The van der Waals surface area contributed by atoms with E-state index < -0.39 is 0 Å². The number of nitrogens with zero attached hydrogens (tertiary/aromatic N) is 3. The molecule has 0 aliphatic carbocycles. The van der Waals surface area contributed by atoms with Gasteiger partial charge in [0.25, 0.3) is 5.91 Å². The molecule has 0 aliphatic heterocycles. The Hall–Kier alpha value is -2.63. The number of benzene rings is 1. The summed E-state index contributed by atoms with van der Waals surface area (Å²) in [5.74, 6) is 2.03. The van der Waals surface area contributed by atoms with Crippen LogP contribution in [0.2, 0.25) is 0 Å². The zero-order valence-electron chi connectivity index (χ0n) is 15.4. The van der Waals surface area contributed by atoms with Gasteiger partial charge in [0.15, 0.2) is 0 Å². The fourth-order valence-electron chi connectivity index (χ4n) is 2.69. The van der Waals surface area contributed by atoms with Crippen LogP contribution in [-0.4, -0.2) is 42.6 Å². The minimum Gasteiger partial charge on any atom is -0.496 e. The van der Waals surface area contributed by atoms with Gasteiger partial charge in [-0.15, -0.1) is 0 Å². The monoisotopic (exact) mass is 342 g/mol. The molecule has 0 atom stereocenters. The highest BCUT2D eigenvalue weighted by atomic mass is 16.5. The van der Waals surface area contributed by atoms with Crippen LogP contribution >= 0.6 is 0 Å². The third kappa shape index (κ3) is 4.92. The first kappa shape index (κ1) is 18.7. The van der Waals surface area contributed by atoms with Crippen molar-refractivity contribution in [3.63, 3.8) is 0 Å². The van der Waals surface area contributed by atoms with Gasteiger partial charge in [0.05, 0.1) is 7.11 Å². The fourth-order valence-corrected chi connectivity index (χ4v) is 2.69. The number of methoxy groups -OCH3 is 1. The van der Waals surface area contributed by atoms with E-state index in [1.165, 1.54) is 0 Å². The van der Waals surface area contributed by atoms with Crippen molar-refractivity contribution in [2.24, 2.45) is 0 Å². The third-order valence-corrected chi connectivity index (χ3v) is 4.02. The summed E-state index contributed by atoms with van der Waals surface area (Å²) in [5, 5.41) is 2.92. The normalized spacial score (nSPS) is 10.4. The Balaban J connectivity index is 2.03. The van der Waals surface area contributed by atoms with Crippen molar-refractivity contribution >= 4 is 11.7 Å². The zero-order chi connectivity index (χ0) is 18.2. The van der Waals surface area contributed by atoms with Gasteiger partial charge in [0.1, 0.15) is 23.1 Å². The highest BCUT2D eigenvalue weighted by Crippen LogP contribution is 2.17. The van der Waals surface area contributed by atoms with Gasteiger partial charge in [0, 0.05) is 25.7 Å². The summed E-state index contributed by atoms with van der Waals surface area (Å²) in [6.45, 7) is 8.12. The maximum Gasteiger partial charge on any atom is 0.270 e. The summed E-state index contributed by atoms with van der Waals surface area (Å²) in [4.78, 5) is 23.2. The molecule has 0 radical (unpaired) electrons. The first-order valence-corrected chi connectivity index (χ1v) is 8.59. The van der Waals surface area contributed by atoms with E-state index in [0.717, 1.165) is 30.2 Å². The number of nitrogens with one attached hydrogen (secondary N) is 1. The molecule has 2 aromatic rings. The molecule has 0 saturated carbocycles. The fraction of sp³-hybridized carbons (Fsp3) is 0.421. The Morgan fingerprint density at radius 2 is 1.92 bits per heavy atom. The van der Waals surface area contributed by atoms with Crippen molar-refractivity contribution in [2.75, 3.05) is 31.6 Å². The molecule has 6 nitrogen and oxygen atoms in total. The van der Waals surface area contributed by atoms with Crippen LogP contribution < -0.4 is 15.0 Å². The van der Waals surface area contributed by atoms with E-state index in [-0.39, 0.29) is 5.91 Å². The summed E-state index contributed by atoms with van der Waals surface area (Å²) < 4.78 is 5.33. The van der Waals surface area contributed by atoms with Crippen molar-refractivity contribution in [3.8, 4) is 5.75 Å². The largest absolute Gasteiger partial charge is 0.496 e. The van der Waals surface area contributed by atoms with Gasteiger partial charge < -0.3 is 15.0 Å². The second-order valence-corrected chi connectivity index (χ2v) is 5.65. The molecule has 0 saturated heterocycles. The molecule has 1 heterocycles. The van der Waals surface area contributed by atoms with Crippen molar-refractivity contribution in [3.05, 3.63) is 47.4 Å². The molecule has 6 heteroatoms. The molecular weight excluding hydrogens is 316 g/mol. The van der Waals surface area contributed by atoms with E-state index in [9.17, 15) is 4.79 Å². The number of aromatic nitrogens is 2. The molecule has 0 unspecified atom stereocenters. The van der Waals surface area contributed by atoms with Crippen LogP contribution in [-0.2, 0) is 6.42 Å². The van der Waals surface area contributed by atoms with E-state index in [2.05, 4.69) is 34.0 Å². The van der Waals surface area contributed by atoms with Crippen LogP contribution in [0.1, 0.15) is 35.7 Å². The second-order valence-electron chi connectivity index (χ2n) is 5.65. The van der Waals surface area contributed by atoms with Crippen LogP contribution in [0.5, 0.6) is 5.75 Å². The molecule has 1 amide bonds. The zero-order valence-corrected chi connectivity index (χ0v) is 15.4. The first-order valence-electron chi connectivity index (χ1n) is 8.59. The molecule has 1 aromatic heterocycles. The van der Waals surface area contributed by atoms with Crippen molar-refractivity contribution in [2.45, 2.75) is 27.2 Å². The summed E-state index contributed by atoms with van der Waals surface area (Å²) in [7, 11) is 1.65. The molecule has 1 aromatic carbocycles. The SMILES string of the molecule is CCN(CC)c1cc(C(=O)NCCc2ccccc2OC)nc(C)n1. The quantitative estimate of drug-likeness (QED) is 0.799. The first-order chi connectivity index (χ1) is 12.1. The van der Waals surface area contributed by atoms with Crippen molar-refractivity contribution in [1.29, 1.82) is 0 Å². The van der Waals surface area contributed by atoms with Gasteiger partial charge in [-0.3, -0.25) is 4.79 Å². The number of amides is 1. The van der Waals surface area contributed by atoms with Crippen molar-refractivity contribution < 1.29 is 9.53 Å². The second kappa shape index (κ2) is 9.01. The maximum absolute atomic E-state index is 12.4.